The van der Waals surface area contributed by atoms with Crippen molar-refractivity contribution in [2.24, 2.45) is 7.05 Å². The number of nitrogens with one attached hydrogen (secondary N) is 1. The van der Waals surface area contributed by atoms with E-state index in [1.54, 1.807) is 6.20 Å². The zero-order valence-electron chi connectivity index (χ0n) is 10.0. The predicted octanol–water partition coefficient (Wildman–Crippen LogP) is 2.63. The Hall–Kier alpha value is -2.54. The summed E-state index contributed by atoms with van der Waals surface area (Å²) in [6, 6.07) is 10.3. The van der Waals surface area contributed by atoms with Crippen LogP contribution >= 0.6 is 0 Å². The van der Waals surface area contributed by atoms with Gasteiger partial charge in [0.1, 0.15) is 5.82 Å². The van der Waals surface area contributed by atoms with E-state index in [4.69, 9.17) is 5.26 Å². The molecule has 4 nitrogen and oxygen atoms in total. The lowest BCUT2D eigenvalue weighted by molar-refractivity contribution is 0.864. The fourth-order valence-electron chi connectivity index (χ4n) is 2.20. The van der Waals surface area contributed by atoms with Crippen molar-refractivity contribution >= 4 is 10.9 Å². The van der Waals surface area contributed by atoms with Gasteiger partial charge in [-0.2, -0.15) is 5.26 Å². The van der Waals surface area contributed by atoms with E-state index in [1.807, 2.05) is 36.0 Å². The van der Waals surface area contributed by atoms with Gasteiger partial charge < -0.3 is 9.55 Å². The van der Waals surface area contributed by atoms with Gasteiger partial charge in [-0.25, -0.2) is 4.98 Å². The highest BCUT2D eigenvalue weighted by Crippen LogP contribution is 2.27. The molecule has 0 aliphatic heterocycles. The maximum absolute atomic E-state index is 8.76. The van der Waals surface area contributed by atoms with Gasteiger partial charge in [0, 0.05) is 35.9 Å². The number of para-hydroxylation sites is 1. The summed E-state index contributed by atoms with van der Waals surface area (Å²) in [4.78, 5) is 7.66. The van der Waals surface area contributed by atoms with Crippen LogP contribution in [-0.4, -0.2) is 14.5 Å². The molecular weight excluding hydrogens is 224 g/mol. The van der Waals surface area contributed by atoms with Crippen LogP contribution in [0.2, 0.25) is 0 Å². The molecule has 0 amide bonds. The molecule has 0 spiro atoms. The molecule has 1 N–H and O–H groups in total. The number of hydrogen-bond donors (Lipinski definition) is 1. The molecule has 0 unspecified atom stereocenters. The monoisotopic (exact) mass is 236 g/mol. The number of aromatic amines is 1. The van der Waals surface area contributed by atoms with Gasteiger partial charge in [-0.3, -0.25) is 0 Å². The normalized spacial score (nSPS) is 10.7. The zero-order chi connectivity index (χ0) is 12.5. The molecule has 0 bridgehead atoms. The van der Waals surface area contributed by atoms with Gasteiger partial charge in [0.15, 0.2) is 0 Å². The summed E-state index contributed by atoms with van der Waals surface area (Å²) in [5.74, 6) is 0.887. The second kappa shape index (κ2) is 4.04. The van der Waals surface area contributed by atoms with Crippen LogP contribution in [-0.2, 0) is 13.5 Å². The topological polar surface area (TPSA) is 57.4 Å². The van der Waals surface area contributed by atoms with Crippen LogP contribution in [0.5, 0.6) is 0 Å². The Morgan fingerprint density at radius 1 is 1.39 bits per heavy atom. The fraction of sp³-hybridized carbons (Fsp3) is 0.143. The van der Waals surface area contributed by atoms with Crippen LogP contribution in [0.25, 0.3) is 22.3 Å². The second-order valence-corrected chi connectivity index (χ2v) is 4.21. The Labute approximate surface area is 105 Å². The van der Waals surface area contributed by atoms with E-state index in [-0.39, 0.29) is 0 Å². The number of rotatable bonds is 2. The summed E-state index contributed by atoms with van der Waals surface area (Å²) in [6.07, 6.45) is 4.11. The molecule has 4 heteroatoms. The lowest BCUT2D eigenvalue weighted by atomic mass is 10.1. The van der Waals surface area contributed by atoms with Gasteiger partial charge in [0.05, 0.1) is 18.2 Å². The molecule has 18 heavy (non-hydrogen) atoms. The molecule has 3 rings (SSSR count). The van der Waals surface area contributed by atoms with Crippen LogP contribution in [0.3, 0.4) is 0 Å². The van der Waals surface area contributed by atoms with Crippen molar-refractivity contribution in [2.75, 3.05) is 0 Å². The number of H-pyrrole nitrogens is 1. The maximum atomic E-state index is 8.76. The first-order valence-electron chi connectivity index (χ1n) is 5.75. The van der Waals surface area contributed by atoms with E-state index in [0.717, 1.165) is 28.0 Å². The van der Waals surface area contributed by atoms with Crippen molar-refractivity contribution in [2.45, 2.75) is 6.42 Å². The maximum Gasteiger partial charge on any atom is 0.142 e. The number of aromatic nitrogens is 3. The van der Waals surface area contributed by atoms with E-state index in [1.165, 1.54) is 0 Å². The first-order valence-corrected chi connectivity index (χ1v) is 5.75. The summed E-state index contributed by atoms with van der Waals surface area (Å²) >= 11 is 0. The Balaban J connectivity index is 2.18. The summed E-state index contributed by atoms with van der Waals surface area (Å²) in [5, 5.41) is 9.91. The molecule has 0 saturated carbocycles. The minimum absolute atomic E-state index is 0.381. The highest BCUT2D eigenvalue weighted by atomic mass is 15.1. The largest absolute Gasteiger partial charge is 0.360 e. The molecule has 0 aliphatic carbocycles. The third-order valence-corrected chi connectivity index (χ3v) is 3.17. The summed E-state index contributed by atoms with van der Waals surface area (Å²) in [7, 11) is 1.94. The van der Waals surface area contributed by atoms with Crippen LogP contribution in [0.1, 0.15) is 5.69 Å². The molecule has 0 aliphatic rings. The molecule has 0 radical (unpaired) electrons. The third-order valence-electron chi connectivity index (χ3n) is 3.17. The minimum Gasteiger partial charge on any atom is -0.360 e. The Morgan fingerprint density at radius 2 is 2.22 bits per heavy atom. The molecule has 1 aromatic carbocycles. The first-order chi connectivity index (χ1) is 8.81. The molecular formula is C14H12N4. The lowest BCUT2D eigenvalue weighted by Crippen LogP contribution is -1.97. The molecule has 2 aromatic heterocycles. The van der Waals surface area contributed by atoms with E-state index >= 15 is 0 Å². The van der Waals surface area contributed by atoms with Crippen molar-refractivity contribution in [3.8, 4) is 17.5 Å². The van der Waals surface area contributed by atoms with Gasteiger partial charge in [0.2, 0.25) is 0 Å². The highest BCUT2D eigenvalue weighted by molar-refractivity contribution is 5.93. The lowest BCUT2D eigenvalue weighted by Gasteiger charge is -2.02. The zero-order valence-corrected chi connectivity index (χ0v) is 10.0. The van der Waals surface area contributed by atoms with Gasteiger partial charge in [-0.1, -0.05) is 18.2 Å². The first kappa shape index (κ1) is 10.6. The number of nitrogens with zero attached hydrogens (tertiary/aromatic N) is 3. The number of nitriles is 1. The van der Waals surface area contributed by atoms with Crippen LogP contribution in [0, 0.1) is 11.3 Å². The van der Waals surface area contributed by atoms with Crippen molar-refractivity contribution in [3.63, 3.8) is 0 Å². The van der Waals surface area contributed by atoms with Crippen LogP contribution in [0.4, 0.5) is 0 Å². The summed E-state index contributed by atoms with van der Waals surface area (Å²) in [5.41, 5.74) is 3.09. The van der Waals surface area contributed by atoms with E-state index in [0.29, 0.717) is 6.42 Å². The summed E-state index contributed by atoms with van der Waals surface area (Å²) < 4.78 is 1.97. The van der Waals surface area contributed by atoms with Crippen molar-refractivity contribution in [1.29, 1.82) is 5.26 Å². The fourth-order valence-corrected chi connectivity index (χ4v) is 2.20. The van der Waals surface area contributed by atoms with E-state index in [2.05, 4.69) is 22.1 Å². The number of imidazole rings is 1. The Bertz CT molecular complexity index is 743. The Morgan fingerprint density at radius 3 is 3.06 bits per heavy atom. The number of hydrogen-bond acceptors (Lipinski definition) is 2. The minimum atomic E-state index is 0.381. The second-order valence-electron chi connectivity index (χ2n) is 4.21. The van der Waals surface area contributed by atoms with Gasteiger partial charge in [0.25, 0.3) is 0 Å². The van der Waals surface area contributed by atoms with Crippen molar-refractivity contribution in [3.05, 3.63) is 42.4 Å². The standard InChI is InChI=1S/C14H12N4/c1-18-10(6-7-15)8-17-14(18)12-9-16-13-5-3-2-4-11(12)13/h2-5,8-9,16H,6H2,1H3. The molecule has 0 fully saturated rings. The quantitative estimate of drug-likeness (QED) is 0.743. The molecule has 88 valence electrons. The van der Waals surface area contributed by atoms with E-state index < -0.39 is 0 Å². The summed E-state index contributed by atoms with van der Waals surface area (Å²) in [6.45, 7) is 0. The third kappa shape index (κ3) is 1.49. The van der Waals surface area contributed by atoms with Gasteiger partial charge in [-0.05, 0) is 6.07 Å². The van der Waals surface area contributed by atoms with E-state index in [9.17, 15) is 0 Å². The number of benzene rings is 1. The average molecular weight is 236 g/mol. The van der Waals surface area contributed by atoms with Gasteiger partial charge >= 0.3 is 0 Å². The predicted molar refractivity (Wildman–Crippen MR) is 69.8 cm³/mol. The molecule has 0 saturated heterocycles. The SMILES string of the molecule is Cn1c(CC#N)cnc1-c1c[nH]c2ccccc12. The van der Waals surface area contributed by atoms with Crippen LogP contribution < -0.4 is 0 Å². The molecule has 0 atom stereocenters. The van der Waals surface area contributed by atoms with Crippen molar-refractivity contribution in [1.82, 2.24) is 14.5 Å². The van der Waals surface area contributed by atoms with Crippen molar-refractivity contribution < 1.29 is 0 Å². The smallest absolute Gasteiger partial charge is 0.142 e. The van der Waals surface area contributed by atoms with Crippen LogP contribution in [0.15, 0.2) is 36.7 Å². The Kier molecular flexibility index (Phi) is 2.38. The number of fused-ring (bicyclic) bond motifs is 1. The molecule has 3 aromatic rings. The van der Waals surface area contributed by atoms with Gasteiger partial charge in [-0.15, -0.1) is 0 Å². The molecule has 2 heterocycles. The highest BCUT2D eigenvalue weighted by Gasteiger charge is 2.12. The average Bonchev–Trinajstić information content (AvgIpc) is 2.95.